The lowest BCUT2D eigenvalue weighted by Gasteiger charge is -2.12. The zero-order valence-corrected chi connectivity index (χ0v) is 15.0. The van der Waals surface area contributed by atoms with Gasteiger partial charge in [0.2, 0.25) is 0 Å². The van der Waals surface area contributed by atoms with E-state index in [1.807, 2.05) is 13.0 Å². The highest BCUT2D eigenvalue weighted by Crippen LogP contribution is 2.36. The summed E-state index contributed by atoms with van der Waals surface area (Å²) in [4.78, 5) is 15.8. The van der Waals surface area contributed by atoms with Crippen molar-refractivity contribution in [1.29, 1.82) is 0 Å². The lowest BCUT2D eigenvalue weighted by molar-refractivity contribution is 0.0955. The van der Waals surface area contributed by atoms with Crippen LogP contribution < -0.4 is 14.9 Å². The van der Waals surface area contributed by atoms with E-state index in [1.165, 1.54) is 12.4 Å². The van der Waals surface area contributed by atoms with E-state index >= 15 is 0 Å². The van der Waals surface area contributed by atoms with Crippen LogP contribution in [0.1, 0.15) is 29.3 Å². The van der Waals surface area contributed by atoms with Crippen molar-refractivity contribution < 1.29 is 14.3 Å². The molecule has 0 radical (unpaired) electrons. The Labute approximate surface area is 149 Å². The van der Waals surface area contributed by atoms with Crippen molar-refractivity contribution >= 4 is 28.1 Å². The first-order chi connectivity index (χ1) is 11.7. The highest BCUT2D eigenvalue weighted by atomic mass is 79.9. The molecular weight excluding hydrogens is 374 g/mol. The van der Waals surface area contributed by atoms with Crippen LogP contribution in [0.4, 0.5) is 0 Å². The van der Waals surface area contributed by atoms with Crippen molar-refractivity contribution in [1.82, 2.24) is 10.4 Å². The summed E-state index contributed by atoms with van der Waals surface area (Å²) in [7, 11) is 1.58. The Morgan fingerprint density at radius 2 is 2.29 bits per heavy atom. The molecule has 0 atom stereocenters. The fourth-order valence-electron chi connectivity index (χ4n) is 1.89. The molecule has 2 rings (SSSR count). The van der Waals surface area contributed by atoms with Gasteiger partial charge in [0, 0.05) is 12.4 Å². The molecule has 0 bridgehead atoms. The minimum absolute atomic E-state index is 0.326. The molecule has 0 aliphatic rings. The molecule has 1 N–H and O–H groups in total. The summed E-state index contributed by atoms with van der Waals surface area (Å²) in [5.41, 5.74) is 3.66. The Morgan fingerprint density at radius 1 is 1.46 bits per heavy atom. The van der Waals surface area contributed by atoms with Crippen LogP contribution in [0.2, 0.25) is 0 Å². The molecule has 1 heterocycles. The Bertz CT molecular complexity index is 721. The second-order valence-corrected chi connectivity index (χ2v) is 5.68. The van der Waals surface area contributed by atoms with Gasteiger partial charge in [0.1, 0.15) is 0 Å². The van der Waals surface area contributed by atoms with Gasteiger partial charge in [-0.05, 0) is 52.2 Å². The topological polar surface area (TPSA) is 72.8 Å². The number of halogens is 1. The molecule has 0 saturated carbocycles. The molecule has 126 valence electrons. The molecule has 1 amide bonds. The number of aromatic nitrogens is 1. The number of hydrazone groups is 1. The van der Waals surface area contributed by atoms with Gasteiger partial charge in [-0.2, -0.15) is 5.10 Å². The van der Waals surface area contributed by atoms with Gasteiger partial charge in [0.25, 0.3) is 5.91 Å². The number of ether oxygens (including phenoxy) is 2. The molecule has 0 aliphatic heterocycles. The van der Waals surface area contributed by atoms with Crippen LogP contribution in [0, 0.1) is 0 Å². The van der Waals surface area contributed by atoms with E-state index < -0.39 is 0 Å². The number of hydrogen-bond acceptors (Lipinski definition) is 5. The highest BCUT2D eigenvalue weighted by Gasteiger charge is 2.11. The molecule has 0 saturated heterocycles. The van der Waals surface area contributed by atoms with E-state index in [2.05, 4.69) is 31.4 Å². The Hall–Kier alpha value is -2.41. The van der Waals surface area contributed by atoms with Crippen molar-refractivity contribution in [2.75, 3.05) is 13.7 Å². The van der Waals surface area contributed by atoms with Gasteiger partial charge in [-0.3, -0.25) is 9.78 Å². The number of carbonyl (C=O) groups is 1. The highest BCUT2D eigenvalue weighted by molar-refractivity contribution is 9.10. The molecule has 0 unspecified atom stereocenters. The van der Waals surface area contributed by atoms with Crippen LogP contribution in [0.15, 0.2) is 46.2 Å². The summed E-state index contributed by atoms with van der Waals surface area (Å²) < 4.78 is 11.8. The van der Waals surface area contributed by atoms with Crippen LogP contribution in [-0.2, 0) is 0 Å². The van der Waals surface area contributed by atoms with Crippen LogP contribution >= 0.6 is 15.9 Å². The zero-order valence-electron chi connectivity index (χ0n) is 13.5. The van der Waals surface area contributed by atoms with Gasteiger partial charge in [0.05, 0.1) is 30.0 Å². The van der Waals surface area contributed by atoms with E-state index in [9.17, 15) is 4.79 Å². The lowest BCUT2D eigenvalue weighted by atomic mass is 10.2. The Morgan fingerprint density at radius 3 is 2.96 bits per heavy atom. The van der Waals surface area contributed by atoms with Crippen molar-refractivity contribution in [3.8, 4) is 11.5 Å². The van der Waals surface area contributed by atoms with Crippen molar-refractivity contribution in [2.45, 2.75) is 13.3 Å². The molecule has 1 aromatic carbocycles. The van der Waals surface area contributed by atoms with Gasteiger partial charge in [-0.15, -0.1) is 0 Å². The quantitative estimate of drug-likeness (QED) is 0.579. The molecule has 2 aromatic rings. The number of pyridine rings is 1. The number of nitrogens with zero attached hydrogens (tertiary/aromatic N) is 2. The van der Waals surface area contributed by atoms with Gasteiger partial charge in [0.15, 0.2) is 11.5 Å². The Kier molecular flexibility index (Phi) is 6.74. The zero-order chi connectivity index (χ0) is 17.4. The van der Waals surface area contributed by atoms with E-state index in [0.717, 1.165) is 16.5 Å². The van der Waals surface area contributed by atoms with Crippen LogP contribution in [-0.4, -0.2) is 30.8 Å². The first-order valence-electron chi connectivity index (χ1n) is 7.39. The molecule has 0 fully saturated rings. The molecular formula is C17H18BrN3O3. The molecule has 24 heavy (non-hydrogen) atoms. The number of benzene rings is 1. The van der Waals surface area contributed by atoms with Gasteiger partial charge in [-0.25, -0.2) is 5.43 Å². The third-order valence-corrected chi connectivity index (χ3v) is 3.59. The van der Waals surface area contributed by atoms with E-state index in [1.54, 1.807) is 31.5 Å². The number of hydrogen-bond donors (Lipinski definition) is 1. The number of amides is 1. The normalized spacial score (nSPS) is 10.6. The molecule has 1 aromatic heterocycles. The second-order valence-electron chi connectivity index (χ2n) is 4.82. The summed E-state index contributed by atoms with van der Waals surface area (Å²) in [5.74, 6) is 0.919. The first-order valence-corrected chi connectivity index (χ1v) is 8.18. The number of rotatable bonds is 7. The lowest BCUT2D eigenvalue weighted by Crippen LogP contribution is -2.17. The summed E-state index contributed by atoms with van der Waals surface area (Å²) in [6.07, 6.45) is 5.51. The molecule has 6 nitrogen and oxygen atoms in total. The average molecular weight is 392 g/mol. The maximum atomic E-state index is 11.9. The fraction of sp³-hybridized carbons (Fsp3) is 0.235. The average Bonchev–Trinajstić information content (AvgIpc) is 2.61. The van der Waals surface area contributed by atoms with Crippen molar-refractivity contribution in [3.63, 3.8) is 0 Å². The number of methoxy groups -OCH3 is 1. The second kappa shape index (κ2) is 9.02. The fourth-order valence-corrected chi connectivity index (χ4v) is 2.46. The SMILES string of the molecule is CCCOc1c(Br)cc(/C=N\NC(=O)c2cccnc2)cc1OC. The number of nitrogens with one attached hydrogen (secondary N) is 1. The first kappa shape index (κ1) is 17.9. The summed E-state index contributed by atoms with van der Waals surface area (Å²) in [5, 5.41) is 3.96. The van der Waals surface area contributed by atoms with Gasteiger partial charge >= 0.3 is 0 Å². The van der Waals surface area contributed by atoms with Crippen LogP contribution in [0.25, 0.3) is 0 Å². The standard InChI is InChI=1S/C17H18BrN3O3/c1-3-7-24-16-14(18)8-12(9-15(16)23-2)10-20-21-17(22)13-5-4-6-19-11-13/h4-6,8-11H,3,7H2,1-2H3,(H,21,22)/b20-10-. The predicted octanol–water partition coefficient (Wildman–Crippen LogP) is 3.41. The maximum Gasteiger partial charge on any atom is 0.272 e. The summed E-state index contributed by atoms with van der Waals surface area (Å²) >= 11 is 3.46. The maximum absolute atomic E-state index is 11.9. The summed E-state index contributed by atoms with van der Waals surface area (Å²) in [6, 6.07) is 6.98. The largest absolute Gasteiger partial charge is 0.493 e. The van der Waals surface area contributed by atoms with Crippen molar-refractivity contribution in [3.05, 3.63) is 52.3 Å². The summed E-state index contributed by atoms with van der Waals surface area (Å²) in [6.45, 7) is 2.63. The number of carbonyl (C=O) groups excluding carboxylic acids is 1. The van der Waals surface area contributed by atoms with Crippen LogP contribution in [0.5, 0.6) is 11.5 Å². The molecule has 0 spiro atoms. The monoisotopic (exact) mass is 391 g/mol. The van der Waals surface area contributed by atoms with Crippen LogP contribution in [0.3, 0.4) is 0 Å². The van der Waals surface area contributed by atoms with E-state index in [-0.39, 0.29) is 5.91 Å². The van der Waals surface area contributed by atoms with Gasteiger partial charge < -0.3 is 9.47 Å². The third-order valence-electron chi connectivity index (χ3n) is 3.01. The van der Waals surface area contributed by atoms with E-state index in [4.69, 9.17) is 9.47 Å². The predicted molar refractivity (Wildman–Crippen MR) is 95.8 cm³/mol. The third kappa shape index (κ3) is 4.79. The van der Waals surface area contributed by atoms with Gasteiger partial charge in [-0.1, -0.05) is 6.92 Å². The van der Waals surface area contributed by atoms with E-state index in [0.29, 0.717) is 23.7 Å². The minimum Gasteiger partial charge on any atom is -0.493 e. The molecule has 7 heteroatoms. The minimum atomic E-state index is -0.326. The van der Waals surface area contributed by atoms with Crippen molar-refractivity contribution in [2.24, 2.45) is 5.10 Å². The Balaban J connectivity index is 2.09. The smallest absolute Gasteiger partial charge is 0.272 e. The molecule has 0 aliphatic carbocycles.